The van der Waals surface area contributed by atoms with Crippen LogP contribution in [0.5, 0.6) is 5.75 Å². The summed E-state index contributed by atoms with van der Waals surface area (Å²) >= 11 is 0. The monoisotopic (exact) mass is 479 g/mol. The van der Waals surface area contributed by atoms with Crippen molar-refractivity contribution in [3.8, 4) is 5.75 Å². The number of pyridine rings is 1. The number of amides is 2. The molecule has 2 amide bonds. The van der Waals surface area contributed by atoms with Crippen molar-refractivity contribution in [3.63, 3.8) is 0 Å². The van der Waals surface area contributed by atoms with Gasteiger partial charge >= 0.3 is 6.18 Å². The van der Waals surface area contributed by atoms with Gasteiger partial charge in [-0.15, -0.1) is 0 Å². The first-order valence-electron chi connectivity index (χ1n) is 11.5. The van der Waals surface area contributed by atoms with E-state index in [2.05, 4.69) is 15.4 Å². The number of carbonyl (C=O) groups excluding carboxylic acids is 2. The molecule has 0 aromatic carbocycles. The Morgan fingerprint density at radius 2 is 1.94 bits per heavy atom. The van der Waals surface area contributed by atoms with Crippen molar-refractivity contribution in [2.75, 3.05) is 18.5 Å². The minimum atomic E-state index is -4.19. The molecule has 1 atom stereocenters. The van der Waals surface area contributed by atoms with Gasteiger partial charge in [0.15, 0.2) is 17.3 Å². The Morgan fingerprint density at radius 3 is 2.62 bits per heavy atom. The van der Waals surface area contributed by atoms with Gasteiger partial charge in [0.05, 0.1) is 12.0 Å². The third-order valence-electron chi connectivity index (χ3n) is 6.57. The van der Waals surface area contributed by atoms with Gasteiger partial charge in [-0.2, -0.15) is 18.3 Å². The Kier molecular flexibility index (Phi) is 7.08. The van der Waals surface area contributed by atoms with E-state index < -0.39 is 18.0 Å². The maximum atomic E-state index is 13.1. The van der Waals surface area contributed by atoms with Gasteiger partial charge in [0.25, 0.3) is 5.91 Å². The number of hydrogen-bond acceptors (Lipinski definition) is 5. The maximum Gasteiger partial charge on any atom is 0.391 e. The van der Waals surface area contributed by atoms with Crippen LogP contribution in [0.3, 0.4) is 0 Å². The number of alkyl halides is 3. The highest BCUT2D eigenvalue weighted by atomic mass is 19.4. The molecule has 0 radical (unpaired) electrons. The molecule has 184 valence electrons. The van der Waals surface area contributed by atoms with Gasteiger partial charge in [-0.05, 0) is 50.7 Å². The van der Waals surface area contributed by atoms with E-state index in [9.17, 15) is 22.8 Å². The molecule has 1 saturated heterocycles. The van der Waals surface area contributed by atoms with Crippen LogP contribution in [0.15, 0.2) is 30.6 Å². The average molecular weight is 480 g/mol. The number of aromatic nitrogens is 3. The second kappa shape index (κ2) is 10.0. The maximum absolute atomic E-state index is 13.1. The molecule has 2 aromatic heterocycles. The zero-order valence-electron chi connectivity index (χ0n) is 18.9. The van der Waals surface area contributed by atoms with Crippen molar-refractivity contribution in [2.24, 2.45) is 18.9 Å². The molecule has 1 saturated carbocycles. The molecule has 2 aromatic rings. The van der Waals surface area contributed by atoms with Gasteiger partial charge in [-0.25, -0.2) is 4.98 Å². The summed E-state index contributed by atoms with van der Waals surface area (Å²) in [5.41, 5.74) is 0.106. The predicted molar refractivity (Wildman–Crippen MR) is 117 cm³/mol. The summed E-state index contributed by atoms with van der Waals surface area (Å²) in [6.45, 7) is 0.741. The largest absolute Gasteiger partial charge is 0.489 e. The molecule has 4 rings (SSSR count). The molecular formula is C23H28F3N5O3. The van der Waals surface area contributed by atoms with Crippen molar-refractivity contribution in [2.45, 2.75) is 50.7 Å². The highest BCUT2D eigenvalue weighted by Gasteiger charge is 2.44. The first-order chi connectivity index (χ1) is 16.2. The lowest BCUT2D eigenvalue weighted by Gasteiger charge is -2.33. The number of rotatable bonds is 6. The van der Waals surface area contributed by atoms with Crippen LogP contribution in [0.2, 0.25) is 0 Å². The third-order valence-corrected chi connectivity index (χ3v) is 6.57. The van der Waals surface area contributed by atoms with Crippen molar-refractivity contribution < 1.29 is 27.5 Å². The number of nitrogens with zero attached hydrogens (tertiary/aromatic N) is 4. The first-order valence-corrected chi connectivity index (χ1v) is 11.5. The molecule has 0 bridgehead atoms. The number of carbonyl (C=O) groups is 2. The van der Waals surface area contributed by atoms with Gasteiger partial charge in [-0.3, -0.25) is 14.3 Å². The Labute approximate surface area is 195 Å². The molecule has 1 aliphatic heterocycles. The molecule has 8 nitrogen and oxygen atoms in total. The number of anilines is 1. The molecule has 1 aliphatic carbocycles. The van der Waals surface area contributed by atoms with Crippen molar-refractivity contribution in [1.29, 1.82) is 0 Å². The molecule has 11 heteroatoms. The second-order valence-corrected chi connectivity index (χ2v) is 8.91. The van der Waals surface area contributed by atoms with Crippen LogP contribution >= 0.6 is 0 Å². The summed E-state index contributed by atoms with van der Waals surface area (Å²) < 4.78 is 46.4. The van der Waals surface area contributed by atoms with Gasteiger partial charge < -0.3 is 15.0 Å². The van der Waals surface area contributed by atoms with E-state index in [0.29, 0.717) is 18.1 Å². The van der Waals surface area contributed by atoms with Crippen molar-refractivity contribution >= 4 is 17.6 Å². The SMILES string of the molecule is Cn1ccc(NC(=O)c2ncccc2OC[C@@H]2CCCN2C(=O)[C@H]2CC[C@H](C(F)(F)F)CC2)n1. The van der Waals surface area contributed by atoms with E-state index in [0.717, 1.165) is 12.8 Å². The lowest BCUT2D eigenvalue weighted by Crippen LogP contribution is -2.44. The lowest BCUT2D eigenvalue weighted by atomic mass is 9.81. The van der Waals surface area contributed by atoms with Gasteiger partial charge in [-0.1, -0.05) is 0 Å². The fraction of sp³-hybridized carbons (Fsp3) is 0.565. The van der Waals surface area contributed by atoms with E-state index in [1.54, 1.807) is 41.0 Å². The molecule has 2 aliphatic rings. The summed E-state index contributed by atoms with van der Waals surface area (Å²) in [6.07, 6.45) is 1.05. The van der Waals surface area contributed by atoms with E-state index in [-0.39, 0.29) is 55.9 Å². The van der Waals surface area contributed by atoms with Crippen LogP contribution < -0.4 is 10.1 Å². The standard InChI is InChI=1S/C23H28F3N5O3/c1-30-13-10-19(29-30)28-21(32)20-18(5-2-11-27-20)34-14-17-4-3-12-31(17)22(33)15-6-8-16(9-7-15)23(24,25)26/h2,5,10-11,13,15-17H,3-4,6-9,12,14H2,1H3,(H,28,29,32)/t15-,16-,17-/m0/s1. The smallest absolute Gasteiger partial charge is 0.391 e. The lowest BCUT2D eigenvalue weighted by molar-refractivity contribution is -0.185. The minimum Gasteiger partial charge on any atom is -0.489 e. The quantitative estimate of drug-likeness (QED) is 0.681. The Hall–Kier alpha value is -3.11. The summed E-state index contributed by atoms with van der Waals surface area (Å²) in [5.74, 6) is -1.56. The fourth-order valence-electron chi connectivity index (χ4n) is 4.72. The van der Waals surface area contributed by atoms with Gasteiger partial charge in [0.2, 0.25) is 5.91 Å². The van der Waals surface area contributed by atoms with Crippen LogP contribution in [-0.2, 0) is 11.8 Å². The van der Waals surface area contributed by atoms with Gasteiger partial charge in [0, 0.05) is 38.0 Å². The van der Waals surface area contributed by atoms with Crippen molar-refractivity contribution in [1.82, 2.24) is 19.7 Å². The Balaban J connectivity index is 1.35. The zero-order valence-corrected chi connectivity index (χ0v) is 18.9. The average Bonchev–Trinajstić information content (AvgIpc) is 3.45. The molecule has 1 N–H and O–H groups in total. The summed E-state index contributed by atoms with van der Waals surface area (Å²) in [5, 5.41) is 6.79. The Morgan fingerprint density at radius 1 is 1.18 bits per heavy atom. The van der Waals surface area contributed by atoms with E-state index in [1.165, 1.54) is 6.20 Å². The molecule has 3 heterocycles. The van der Waals surface area contributed by atoms with Crippen LogP contribution in [0.1, 0.15) is 49.0 Å². The van der Waals surface area contributed by atoms with Gasteiger partial charge in [0.1, 0.15) is 6.61 Å². The van der Waals surface area contributed by atoms with E-state index in [1.807, 2.05) is 0 Å². The first kappa shape index (κ1) is 24.0. The molecule has 2 fully saturated rings. The van der Waals surface area contributed by atoms with Crippen molar-refractivity contribution in [3.05, 3.63) is 36.3 Å². The topological polar surface area (TPSA) is 89.4 Å². The number of ether oxygens (including phenoxy) is 1. The molecule has 0 unspecified atom stereocenters. The summed E-state index contributed by atoms with van der Waals surface area (Å²) in [4.78, 5) is 31.6. The molecule has 34 heavy (non-hydrogen) atoms. The van der Waals surface area contributed by atoms with E-state index >= 15 is 0 Å². The minimum absolute atomic E-state index is 0.000654. The summed E-state index contributed by atoms with van der Waals surface area (Å²) in [6, 6.07) is 4.76. The number of aryl methyl sites for hydroxylation is 1. The van der Waals surface area contributed by atoms with Crippen LogP contribution in [0.4, 0.5) is 19.0 Å². The highest BCUT2D eigenvalue weighted by molar-refractivity contribution is 6.04. The third kappa shape index (κ3) is 5.51. The molecule has 0 spiro atoms. The Bertz CT molecular complexity index is 1020. The highest BCUT2D eigenvalue weighted by Crippen LogP contribution is 2.40. The van der Waals surface area contributed by atoms with Crippen LogP contribution in [-0.4, -0.2) is 56.8 Å². The summed E-state index contributed by atoms with van der Waals surface area (Å²) in [7, 11) is 1.74. The number of halogens is 3. The second-order valence-electron chi connectivity index (χ2n) is 8.91. The zero-order chi connectivity index (χ0) is 24.3. The number of likely N-dealkylation sites (tertiary alicyclic amines) is 1. The normalized spacial score (nSPS) is 23.1. The van der Waals surface area contributed by atoms with E-state index in [4.69, 9.17) is 4.74 Å². The number of nitrogens with one attached hydrogen (secondary N) is 1. The van der Waals surface area contributed by atoms with Crippen LogP contribution in [0, 0.1) is 11.8 Å². The fourth-order valence-corrected chi connectivity index (χ4v) is 4.72. The van der Waals surface area contributed by atoms with Crippen LogP contribution in [0.25, 0.3) is 0 Å². The number of hydrogen-bond donors (Lipinski definition) is 1. The predicted octanol–water partition coefficient (Wildman–Crippen LogP) is 3.81. The molecular weight excluding hydrogens is 451 g/mol.